The lowest BCUT2D eigenvalue weighted by Gasteiger charge is -2.47. The normalized spacial score (nSPS) is 21.6. The summed E-state index contributed by atoms with van der Waals surface area (Å²) >= 11 is 6.24. The molecule has 2 atom stereocenters. The van der Waals surface area contributed by atoms with Crippen molar-refractivity contribution in [2.45, 2.75) is 71.0 Å². The molecule has 2 aliphatic rings. The SMILES string of the molecule is Cc1c(CCC(=O)N2CC[C@]3(O)CCCC[C@@H]3C2)c(=O)oc2c(C)c(OCc3ccccc3Cl)ccc12. The maximum absolute atomic E-state index is 13.0. The van der Waals surface area contributed by atoms with Crippen LogP contribution in [0.4, 0.5) is 0 Å². The molecule has 37 heavy (non-hydrogen) atoms. The number of hydrogen-bond donors (Lipinski definition) is 1. The minimum atomic E-state index is -0.612. The highest BCUT2D eigenvalue weighted by molar-refractivity contribution is 6.31. The van der Waals surface area contributed by atoms with Gasteiger partial charge in [0.15, 0.2) is 0 Å². The van der Waals surface area contributed by atoms with Gasteiger partial charge in [-0.05, 0) is 63.3 Å². The van der Waals surface area contributed by atoms with Gasteiger partial charge in [-0.1, -0.05) is 42.6 Å². The maximum Gasteiger partial charge on any atom is 0.339 e. The predicted molar refractivity (Wildman–Crippen MR) is 144 cm³/mol. The summed E-state index contributed by atoms with van der Waals surface area (Å²) in [5.41, 5.74) is 2.48. The first-order valence-electron chi connectivity index (χ1n) is 13.2. The highest BCUT2D eigenvalue weighted by atomic mass is 35.5. The van der Waals surface area contributed by atoms with Crippen LogP contribution in [0.2, 0.25) is 5.02 Å². The lowest BCUT2D eigenvalue weighted by atomic mass is 9.71. The largest absolute Gasteiger partial charge is 0.488 e. The van der Waals surface area contributed by atoms with Gasteiger partial charge in [0, 0.05) is 52.5 Å². The molecule has 196 valence electrons. The van der Waals surface area contributed by atoms with Gasteiger partial charge in [-0.2, -0.15) is 0 Å². The van der Waals surface area contributed by atoms with E-state index >= 15 is 0 Å². The third kappa shape index (κ3) is 5.14. The van der Waals surface area contributed by atoms with Crippen LogP contribution < -0.4 is 10.4 Å². The van der Waals surface area contributed by atoms with E-state index in [1.165, 1.54) is 0 Å². The van der Waals surface area contributed by atoms with Crippen molar-refractivity contribution >= 4 is 28.5 Å². The molecule has 1 amide bonds. The third-order valence-electron chi connectivity index (χ3n) is 8.36. The van der Waals surface area contributed by atoms with E-state index in [4.69, 9.17) is 20.8 Å². The van der Waals surface area contributed by atoms with Crippen molar-refractivity contribution in [3.05, 3.63) is 74.1 Å². The zero-order valence-corrected chi connectivity index (χ0v) is 22.3. The molecular weight excluding hydrogens is 490 g/mol. The fourth-order valence-corrected chi connectivity index (χ4v) is 6.16. The first kappa shape index (κ1) is 25.8. The van der Waals surface area contributed by atoms with Crippen molar-refractivity contribution in [3.63, 3.8) is 0 Å². The molecule has 0 spiro atoms. The average Bonchev–Trinajstić information content (AvgIpc) is 2.88. The second-order valence-corrected chi connectivity index (χ2v) is 11.0. The second-order valence-electron chi connectivity index (χ2n) is 10.6. The number of halogens is 1. The Kier molecular flexibility index (Phi) is 7.32. The molecule has 2 heterocycles. The molecule has 2 aromatic carbocycles. The van der Waals surface area contributed by atoms with Gasteiger partial charge >= 0.3 is 5.63 Å². The molecule has 0 radical (unpaired) electrons. The molecule has 2 fully saturated rings. The smallest absolute Gasteiger partial charge is 0.339 e. The van der Waals surface area contributed by atoms with Crippen molar-refractivity contribution in [2.75, 3.05) is 13.1 Å². The number of fused-ring (bicyclic) bond motifs is 2. The molecule has 0 unspecified atom stereocenters. The summed E-state index contributed by atoms with van der Waals surface area (Å²) in [4.78, 5) is 27.9. The number of ether oxygens (including phenoxy) is 1. The topological polar surface area (TPSA) is 80.0 Å². The molecule has 1 aliphatic carbocycles. The summed E-state index contributed by atoms with van der Waals surface area (Å²) in [6, 6.07) is 11.3. The molecule has 3 aromatic rings. The minimum Gasteiger partial charge on any atom is -0.488 e. The molecule has 6 nitrogen and oxygen atoms in total. The van der Waals surface area contributed by atoms with E-state index in [1.54, 1.807) is 0 Å². The summed E-state index contributed by atoms with van der Waals surface area (Å²) < 4.78 is 11.8. The second kappa shape index (κ2) is 10.5. The van der Waals surface area contributed by atoms with Crippen LogP contribution in [-0.4, -0.2) is 34.6 Å². The number of benzene rings is 2. The van der Waals surface area contributed by atoms with E-state index in [1.807, 2.05) is 55.1 Å². The van der Waals surface area contributed by atoms with Crippen molar-refractivity contribution in [3.8, 4) is 5.75 Å². The summed E-state index contributed by atoms with van der Waals surface area (Å²) in [6.07, 6.45) is 5.20. The van der Waals surface area contributed by atoms with E-state index in [-0.39, 0.29) is 18.2 Å². The standard InChI is InChI=1S/C30H34ClNO5/c1-19-23-10-12-26(36-18-21-7-3-4-9-25(21)31)20(2)28(23)37-29(34)24(19)11-13-27(33)32-16-15-30(35)14-6-5-8-22(30)17-32/h3-4,7,9-10,12,22,35H,5-6,8,11,13-18H2,1-2H3/t22-,30-/m1/s1. The van der Waals surface area contributed by atoms with Crippen LogP contribution in [0.25, 0.3) is 11.0 Å². The number of carbonyl (C=O) groups is 1. The molecule has 1 saturated heterocycles. The summed E-state index contributed by atoms with van der Waals surface area (Å²) in [5, 5.41) is 12.4. The number of hydrogen-bond acceptors (Lipinski definition) is 5. The molecule has 1 aromatic heterocycles. The molecule has 5 rings (SSSR count). The van der Waals surface area contributed by atoms with Crippen molar-refractivity contribution in [1.29, 1.82) is 0 Å². The number of piperidine rings is 1. The van der Waals surface area contributed by atoms with Gasteiger partial charge in [-0.3, -0.25) is 4.79 Å². The number of rotatable bonds is 6. The van der Waals surface area contributed by atoms with E-state index < -0.39 is 11.2 Å². The van der Waals surface area contributed by atoms with Crippen LogP contribution in [-0.2, 0) is 17.8 Å². The Balaban J connectivity index is 1.29. The summed E-state index contributed by atoms with van der Waals surface area (Å²) in [5.74, 6) is 0.820. The van der Waals surface area contributed by atoms with Gasteiger partial charge < -0.3 is 19.2 Å². The number of amides is 1. The van der Waals surface area contributed by atoms with E-state index in [9.17, 15) is 14.7 Å². The molecular formula is C30H34ClNO5. The Labute approximate surface area is 222 Å². The van der Waals surface area contributed by atoms with Crippen molar-refractivity contribution in [2.24, 2.45) is 5.92 Å². The first-order valence-corrected chi connectivity index (χ1v) is 13.6. The van der Waals surface area contributed by atoms with Crippen LogP contribution in [0.3, 0.4) is 0 Å². The van der Waals surface area contributed by atoms with E-state index in [0.29, 0.717) is 54.5 Å². The molecule has 0 bridgehead atoms. The van der Waals surface area contributed by atoms with Crippen LogP contribution >= 0.6 is 11.6 Å². The fourth-order valence-electron chi connectivity index (χ4n) is 5.97. The van der Waals surface area contributed by atoms with Crippen LogP contribution in [0.5, 0.6) is 5.75 Å². The average molecular weight is 524 g/mol. The van der Waals surface area contributed by atoms with Gasteiger partial charge in [-0.25, -0.2) is 4.79 Å². The maximum atomic E-state index is 13.0. The Hall–Kier alpha value is -2.83. The Morgan fingerprint density at radius 2 is 1.97 bits per heavy atom. The predicted octanol–water partition coefficient (Wildman–Crippen LogP) is 5.73. The Morgan fingerprint density at radius 3 is 2.78 bits per heavy atom. The zero-order valence-electron chi connectivity index (χ0n) is 21.5. The Bertz CT molecular complexity index is 1380. The van der Waals surface area contributed by atoms with Crippen LogP contribution in [0.15, 0.2) is 45.6 Å². The lowest BCUT2D eigenvalue weighted by Crippen LogP contribution is -2.54. The number of nitrogens with zero attached hydrogens (tertiary/aromatic N) is 1. The zero-order chi connectivity index (χ0) is 26.2. The highest BCUT2D eigenvalue weighted by Gasteiger charge is 2.43. The quantitative estimate of drug-likeness (QED) is 0.417. The van der Waals surface area contributed by atoms with Gasteiger partial charge in [0.2, 0.25) is 5.91 Å². The van der Waals surface area contributed by atoms with Crippen LogP contribution in [0.1, 0.15) is 60.8 Å². The lowest BCUT2D eigenvalue weighted by molar-refractivity contribution is -0.143. The van der Waals surface area contributed by atoms with Gasteiger partial charge in [-0.15, -0.1) is 0 Å². The fraction of sp³-hybridized carbons (Fsp3) is 0.467. The number of aliphatic hydroxyl groups is 1. The first-order chi connectivity index (χ1) is 17.8. The summed E-state index contributed by atoms with van der Waals surface area (Å²) in [7, 11) is 0. The molecule has 1 saturated carbocycles. The Morgan fingerprint density at radius 1 is 1.16 bits per heavy atom. The van der Waals surface area contributed by atoms with Gasteiger partial charge in [0.1, 0.15) is 17.9 Å². The summed E-state index contributed by atoms with van der Waals surface area (Å²) in [6.45, 7) is 5.28. The number of likely N-dealkylation sites (tertiary alicyclic amines) is 1. The number of carbonyl (C=O) groups excluding carboxylic acids is 1. The van der Waals surface area contributed by atoms with E-state index in [2.05, 4.69) is 0 Å². The monoisotopic (exact) mass is 523 g/mol. The molecule has 1 N–H and O–H groups in total. The van der Waals surface area contributed by atoms with E-state index in [0.717, 1.165) is 47.8 Å². The minimum absolute atomic E-state index is 0.0334. The van der Waals surface area contributed by atoms with Gasteiger partial charge in [0.05, 0.1) is 5.60 Å². The molecule has 7 heteroatoms. The highest BCUT2D eigenvalue weighted by Crippen LogP contribution is 2.40. The van der Waals surface area contributed by atoms with Crippen LogP contribution in [0, 0.1) is 19.8 Å². The van der Waals surface area contributed by atoms with Gasteiger partial charge in [0.25, 0.3) is 0 Å². The molecule has 1 aliphatic heterocycles. The van der Waals surface area contributed by atoms with Crippen molar-refractivity contribution in [1.82, 2.24) is 4.90 Å². The van der Waals surface area contributed by atoms with Crippen molar-refractivity contribution < 1.29 is 19.1 Å². The third-order valence-corrected chi connectivity index (χ3v) is 8.73. The number of aryl methyl sites for hydroxylation is 2.